The lowest BCUT2D eigenvalue weighted by Crippen LogP contribution is -2.49. The van der Waals surface area contributed by atoms with Crippen LogP contribution >= 0.6 is 11.6 Å². The maximum absolute atomic E-state index is 12.2. The molecule has 1 aromatic heterocycles. The van der Waals surface area contributed by atoms with Crippen LogP contribution < -0.4 is 37.9 Å². The molecule has 2 aromatic rings. The Morgan fingerprint density at radius 3 is 2.36 bits per heavy atom. The average Bonchev–Trinajstić information content (AvgIpc) is 2.83. The van der Waals surface area contributed by atoms with Crippen LogP contribution in [0.15, 0.2) is 24.3 Å². The standard InChI is InChI=1S/C24H34ClN9O5/c1-24(2,3)39-23(37)31-15(20(28)35)12-38-14-9-7-13(8-10-14)6-4-5-11-30-22(29)34-21(36)16-18(26)33-19(27)17(25)32-16/h7-10,15H,4-6,11-12H2,1-3H3,(H2,28,35)(H,31,37)(H4,26,27,33)(H3,29,30,34,36)/t15-/m0/s1. The molecule has 10 N–H and O–H groups in total. The Hall–Kier alpha value is -4.33. The lowest BCUT2D eigenvalue weighted by molar-refractivity contribution is -0.120. The number of alkyl carbamates (subject to hydrolysis) is 1. The van der Waals surface area contributed by atoms with Crippen molar-refractivity contribution in [1.29, 1.82) is 5.41 Å². The number of hydrogen-bond acceptors (Lipinski definition) is 10. The summed E-state index contributed by atoms with van der Waals surface area (Å²) < 4.78 is 10.7. The highest BCUT2D eigenvalue weighted by atomic mass is 35.5. The number of nitrogen functional groups attached to an aromatic ring is 2. The zero-order chi connectivity index (χ0) is 29.2. The summed E-state index contributed by atoms with van der Waals surface area (Å²) in [6.45, 7) is 5.42. The van der Waals surface area contributed by atoms with Gasteiger partial charge in [-0.3, -0.25) is 20.3 Å². The first-order chi connectivity index (χ1) is 18.2. The molecule has 0 aliphatic heterocycles. The number of anilines is 2. The molecule has 15 heteroatoms. The molecule has 39 heavy (non-hydrogen) atoms. The molecule has 0 fully saturated rings. The molecule has 0 bridgehead atoms. The molecule has 1 heterocycles. The number of rotatable bonds is 11. The van der Waals surface area contributed by atoms with E-state index in [1.165, 1.54) is 0 Å². The van der Waals surface area contributed by atoms with Gasteiger partial charge in [0.25, 0.3) is 5.91 Å². The second-order valence-electron chi connectivity index (χ2n) is 9.40. The van der Waals surface area contributed by atoms with Crippen LogP contribution in [0.3, 0.4) is 0 Å². The number of ether oxygens (including phenoxy) is 2. The highest BCUT2D eigenvalue weighted by molar-refractivity contribution is 6.31. The van der Waals surface area contributed by atoms with Gasteiger partial charge in [0.1, 0.15) is 24.0 Å². The number of guanidine groups is 1. The molecule has 0 aliphatic rings. The largest absolute Gasteiger partial charge is 0.491 e. The first-order valence-electron chi connectivity index (χ1n) is 12.0. The number of carbonyl (C=O) groups is 3. The second kappa shape index (κ2) is 14.0. The van der Waals surface area contributed by atoms with Crippen LogP contribution in [-0.2, 0) is 16.0 Å². The van der Waals surface area contributed by atoms with Crippen molar-refractivity contribution in [2.24, 2.45) is 5.73 Å². The quantitative estimate of drug-likeness (QED) is 0.118. The van der Waals surface area contributed by atoms with E-state index < -0.39 is 29.6 Å². The van der Waals surface area contributed by atoms with E-state index in [1.807, 2.05) is 12.1 Å². The van der Waals surface area contributed by atoms with Crippen LogP contribution in [0.5, 0.6) is 5.75 Å². The summed E-state index contributed by atoms with van der Waals surface area (Å²) in [6, 6.07) is 6.22. The smallest absolute Gasteiger partial charge is 0.408 e. The van der Waals surface area contributed by atoms with E-state index in [9.17, 15) is 14.4 Å². The molecule has 0 radical (unpaired) electrons. The Kier molecular flexibility index (Phi) is 11.1. The van der Waals surface area contributed by atoms with Crippen LogP contribution in [0.2, 0.25) is 5.15 Å². The third kappa shape index (κ3) is 10.9. The van der Waals surface area contributed by atoms with Crippen LogP contribution in [0.1, 0.15) is 49.7 Å². The fourth-order valence-corrected chi connectivity index (χ4v) is 3.20. The van der Waals surface area contributed by atoms with Gasteiger partial charge in [0, 0.05) is 6.54 Å². The lowest BCUT2D eigenvalue weighted by atomic mass is 10.1. The van der Waals surface area contributed by atoms with Crippen molar-refractivity contribution in [2.75, 3.05) is 24.6 Å². The second-order valence-corrected chi connectivity index (χ2v) is 9.76. The van der Waals surface area contributed by atoms with Gasteiger partial charge < -0.3 is 37.3 Å². The number of aromatic nitrogens is 2. The van der Waals surface area contributed by atoms with Gasteiger partial charge >= 0.3 is 6.09 Å². The summed E-state index contributed by atoms with van der Waals surface area (Å²) in [5.74, 6) is -1.47. The number of unbranched alkanes of at least 4 members (excludes halogenated alkanes) is 1. The molecule has 0 unspecified atom stereocenters. The number of hydrogen-bond donors (Lipinski definition) is 7. The van der Waals surface area contributed by atoms with Crippen molar-refractivity contribution >= 4 is 47.1 Å². The molecule has 1 aromatic carbocycles. The van der Waals surface area contributed by atoms with Gasteiger partial charge in [0.15, 0.2) is 28.4 Å². The summed E-state index contributed by atoms with van der Waals surface area (Å²) in [5, 5.41) is 15.2. The maximum atomic E-state index is 12.2. The highest BCUT2D eigenvalue weighted by Crippen LogP contribution is 2.17. The minimum atomic E-state index is -1.05. The molecule has 0 aliphatic carbocycles. The van der Waals surface area contributed by atoms with E-state index in [2.05, 4.69) is 25.9 Å². The molecule has 0 saturated heterocycles. The van der Waals surface area contributed by atoms with Crippen molar-refractivity contribution in [3.05, 3.63) is 40.7 Å². The predicted octanol–water partition coefficient (Wildman–Crippen LogP) is 1.33. The van der Waals surface area contributed by atoms with Gasteiger partial charge in [-0.1, -0.05) is 23.7 Å². The zero-order valence-electron chi connectivity index (χ0n) is 22.0. The monoisotopic (exact) mass is 563 g/mol. The molecule has 3 amide bonds. The number of halogens is 1. The number of nitrogens with zero attached hydrogens (tertiary/aromatic N) is 2. The summed E-state index contributed by atoms with van der Waals surface area (Å²) in [5.41, 5.74) is 16.6. The fourth-order valence-electron chi connectivity index (χ4n) is 3.07. The lowest BCUT2D eigenvalue weighted by Gasteiger charge is -2.22. The van der Waals surface area contributed by atoms with Crippen molar-refractivity contribution in [3.63, 3.8) is 0 Å². The van der Waals surface area contributed by atoms with E-state index in [-0.39, 0.29) is 35.0 Å². The Labute approximate surface area is 230 Å². The number of amides is 3. The summed E-state index contributed by atoms with van der Waals surface area (Å²) in [4.78, 5) is 43.3. The van der Waals surface area contributed by atoms with Crippen LogP contribution in [0.4, 0.5) is 16.4 Å². The Balaban J connectivity index is 1.70. The molecule has 2 rings (SSSR count). The summed E-state index contributed by atoms with van der Waals surface area (Å²) in [7, 11) is 0. The predicted molar refractivity (Wildman–Crippen MR) is 146 cm³/mol. The normalized spacial score (nSPS) is 11.7. The zero-order valence-corrected chi connectivity index (χ0v) is 22.7. The van der Waals surface area contributed by atoms with Gasteiger partial charge in [0.2, 0.25) is 5.91 Å². The fraction of sp³-hybridized carbons (Fsp3) is 0.417. The van der Waals surface area contributed by atoms with Gasteiger partial charge in [-0.15, -0.1) is 0 Å². The number of aryl methyl sites for hydroxylation is 1. The minimum absolute atomic E-state index is 0.0922. The van der Waals surface area contributed by atoms with Gasteiger partial charge in [-0.25, -0.2) is 14.8 Å². The van der Waals surface area contributed by atoms with E-state index in [0.717, 1.165) is 24.8 Å². The Morgan fingerprint density at radius 1 is 1.08 bits per heavy atom. The first kappa shape index (κ1) is 30.9. The Bertz CT molecular complexity index is 1190. The minimum Gasteiger partial charge on any atom is -0.491 e. The SMILES string of the molecule is CC(C)(C)OC(=O)N[C@@H](COc1ccc(CCCCNC(=N)NC(=O)c2nc(Cl)c(N)nc2N)cc1)C(N)=O. The number of nitrogens with two attached hydrogens (primary N) is 3. The maximum Gasteiger partial charge on any atom is 0.408 e. The molecular weight excluding hydrogens is 530 g/mol. The number of primary amides is 1. The number of carbonyl (C=O) groups excluding carboxylic acids is 3. The summed E-state index contributed by atoms with van der Waals surface area (Å²) >= 11 is 5.77. The number of benzene rings is 1. The van der Waals surface area contributed by atoms with Crippen LogP contribution in [0.25, 0.3) is 0 Å². The Morgan fingerprint density at radius 2 is 1.74 bits per heavy atom. The molecule has 0 spiro atoms. The number of nitrogens with one attached hydrogen (secondary N) is 4. The van der Waals surface area contributed by atoms with Gasteiger partial charge in [-0.05, 0) is 57.7 Å². The van der Waals surface area contributed by atoms with Crippen LogP contribution in [-0.4, -0.2) is 58.6 Å². The third-order valence-electron chi connectivity index (χ3n) is 4.93. The molecule has 1 atom stereocenters. The van der Waals surface area contributed by atoms with Crippen molar-refractivity contribution in [2.45, 2.75) is 51.7 Å². The van der Waals surface area contributed by atoms with E-state index in [1.54, 1.807) is 32.9 Å². The first-order valence-corrected chi connectivity index (χ1v) is 12.4. The summed E-state index contributed by atoms with van der Waals surface area (Å²) in [6.07, 6.45) is 1.54. The molecule has 14 nitrogen and oxygen atoms in total. The van der Waals surface area contributed by atoms with Gasteiger partial charge in [0.05, 0.1) is 0 Å². The topological polar surface area (TPSA) is 233 Å². The van der Waals surface area contributed by atoms with Crippen molar-refractivity contribution < 1.29 is 23.9 Å². The van der Waals surface area contributed by atoms with E-state index >= 15 is 0 Å². The molecular formula is C24H34ClN9O5. The molecule has 0 saturated carbocycles. The average molecular weight is 564 g/mol. The van der Waals surface area contributed by atoms with Crippen molar-refractivity contribution in [3.8, 4) is 5.75 Å². The molecule has 212 valence electrons. The van der Waals surface area contributed by atoms with E-state index in [0.29, 0.717) is 12.3 Å². The van der Waals surface area contributed by atoms with E-state index in [4.69, 9.17) is 43.7 Å². The van der Waals surface area contributed by atoms with Crippen LogP contribution in [0, 0.1) is 5.41 Å². The van der Waals surface area contributed by atoms with Gasteiger partial charge in [-0.2, -0.15) is 0 Å². The van der Waals surface area contributed by atoms with Crippen molar-refractivity contribution in [1.82, 2.24) is 25.9 Å². The highest BCUT2D eigenvalue weighted by Gasteiger charge is 2.23. The third-order valence-corrected chi connectivity index (χ3v) is 5.21.